The molecule has 0 bridgehead atoms. The van der Waals surface area contributed by atoms with Gasteiger partial charge in [0.15, 0.2) is 0 Å². The second-order valence-corrected chi connectivity index (χ2v) is 2.67. The third-order valence-electron chi connectivity index (χ3n) is 1.50. The number of carboxylic acid groups (broad SMARTS) is 1. The van der Waals surface area contributed by atoms with E-state index < -0.39 is 5.97 Å². The molecule has 0 amide bonds. The quantitative estimate of drug-likeness (QED) is 0.730. The lowest BCUT2D eigenvalue weighted by atomic mass is 10.1. The van der Waals surface area contributed by atoms with Gasteiger partial charge < -0.3 is 5.11 Å². The van der Waals surface area contributed by atoms with Crippen LogP contribution >= 0.6 is 0 Å². The fourth-order valence-corrected chi connectivity index (χ4v) is 0.953. The third-order valence-corrected chi connectivity index (χ3v) is 1.50. The number of nitrogens with zero attached hydrogens (tertiary/aromatic N) is 1. The highest BCUT2D eigenvalue weighted by Gasteiger charge is 1.98. The van der Waals surface area contributed by atoms with Crippen molar-refractivity contribution in [2.24, 2.45) is 0 Å². The van der Waals surface area contributed by atoms with Crippen molar-refractivity contribution in [1.29, 1.82) is 0 Å². The van der Waals surface area contributed by atoms with Crippen molar-refractivity contribution < 1.29 is 9.90 Å². The maximum absolute atomic E-state index is 10.2. The topological polar surface area (TPSA) is 50.2 Å². The molecular formula is C9H10NO2. The normalized spacial score (nSPS) is 9.75. The summed E-state index contributed by atoms with van der Waals surface area (Å²) in [5.74, 6) is -0.777. The van der Waals surface area contributed by atoms with Crippen molar-refractivity contribution in [3.63, 3.8) is 0 Å². The average molecular weight is 164 g/mol. The van der Waals surface area contributed by atoms with Gasteiger partial charge in [0.1, 0.15) is 0 Å². The van der Waals surface area contributed by atoms with Gasteiger partial charge in [-0.05, 0) is 24.5 Å². The summed E-state index contributed by atoms with van der Waals surface area (Å²) < 4.78 is 0. The fraction of sp³-hybridized carbons (Fsp3) is 0.333. The predicted octanol–water partition coefficient (Wildman–Crippen LogP) is 1.21. The lowest BCUT2D eigenvalue weighted by molar-refractivity contribution is -0.136. The Hall–Kier alpha value is -1.38. The zero-order valence-corrected chi connectivity index (χ0v) is 6.87. The first-order valence-corrected chi connectivity index (χ1v) is 3.73. The summed E-state index contributed by atoms with van der Waals surface area (Å²) in [6, 6.07) is 1.90. The van der Waals surface area contributed by atoms with Gasteiger partial charge in [-0.1, -0.05) is 6.07 Å². The molecule has 1 rings (SSSR count). The minimum Gasteiger partial charge on any atom is -0.481 e. The monoisotopic (exact) mass is 164 g/mol. The first-order valence-electron chi connectivity index (χ1n) is 3.73. The van der Waals surface area contributed by atoms with E-state index in [1.54, 1.807) is 6.20 Å². The smallest absolute Gasteiger partial charge is 0.303 e. The van der Waals surface area contributed by atoms with Crippen LogP contribution in [0.3, 0.4) is 0 Å². The van der Waals surface area contributed by atoms with E-state index in [1.807, 2.05) is 13.0 Å². The van der Waals surface area contributed by atoms with Crippen LogP contribution in [0.4, 0.5) is 0 Å². The highest BCUT2D eigenvalue weighted by molar-refractivity contribution is 5.67. The van der Waals surface area contributed by atoms with Gasteiger partial charge in [-0.3, -0.25) is 9.78 Å². The standard InChI is InChI=1S/C9H10NO2/c1-7-4-8(6-10-5-7)2-3-9(11)12/h4,6H,2-3H2,1H3,(H,11,12). The Kier molecular flexibility index (Phi) is 2.80. The molecule has 0 unspecified atom stereocenters. The molecular weight excluding hydrogens is 154 g/mol. The van der Waals surface area contributed by atoms with Crippen LogP contribution in [0.25, 0.3) is 0 Å². The Morgan fingerprint density at radius 1 is 1.75 bits per heavy atom. The third kappa shape index (κ3) is 2.70. The Labute approximate surface area is 71.1 Å². The van der Waals surface area contributed by atoms with Crippen molar-refractivity contribution in [3.05, 3.63) is 29.6 Å². The number of aryl methyl sites for hydroxylation is 2. The van der Waals surface area contributed by atoms with Crippen LogP contribution in [0.15, 0.2) is 12.3 Å². The number of pyridine rings is 1. The zero-order chi connectivity index (χ0) is 8.97. The van der Waals surface area contributed by atoms with Gasteiger partial charge in [-0.2, -0.15) is 0 Å². The lowest BCUT2D eigenvalue weighted by Crippen LogP contribution is -1.98. The van der Waals surface area contributed by atoms with Crippen LogP contribution in [0, 0.1) is 13.1 Å². The summed E-state index contributed by atoms with van der Waals surface area (Å²) >= 11 is 0. The molecule has 1 aromatic heterocycles. The van der Waals surface area contributed by atoms with Crippen LogP contribution in [-0.4, -0.2) is 16.1 Å². The second kappa shape index (κ2) is 3.85. The summed E-state index contributed by atoms with van der Waals surface area (Å²) in [7, 11) is 0. The van der Waals surface area contributed by atoms with Crippen LogP contribution in [0.5, 0.6) is 0 Å². The molecule has 1 aromatic rings. The van der Waals surface area contributed by atoms with Crippen molar-refractivity contribution in [2.75, 3.05) is 0 Å². The Morgan fingerprint density at radius 2 is 2.50 bits per heavy atom. The second-order valence-electron chi connectivity index (χ2n) is 2.67. The van der Waals surface area contributed by atoms with E-state index in [9.17, 15) is 4.79 Å². The summed E-state index contributed by atoms with van der Waals surface area (Å²) in [5.41, 5.74) is 1.89. The minimum atomic E-state index is -0.777. The molecule has 0 aliphatic heterocycles. The van der Waals surface area contributed by atoms with Gasteiger partial charge >= 0.3 is 5.97 Å². The molecule has 1 N–H and O–H groups in total. The molecule has 0 aliphatic carbocycles. The van der Waals surface area contributed by atoms with Crippen molar-refractivity contribution in [3.8, 4) is 0 Å². The molecule has 63 valence electrons. The fourth-order valence-electron chi connectivity index (χ4n) is 0.953. The van der Waals surface area contributed by atoms with E-state index in [0.717, 1.165) is 11.1 Å². The summed E-state index contributed by atoms with van der Waals surface area (Å²) in [5, 5.41) is 8.42. The highest BCUT2D eigenvalue weighted by Crippen LogP contribution is 2.03. The summed E-state index contributed by atoms with van der Waals surface area (Å²) in [6.07, 6.45) is 5.11. The molecule has 12 heavy (non-hydrogen) atoms. The van der Waals surface area contributed by atoms with Crippen molar-refractivity contribution in [2.45, 2.75) is 19.8 Å². The van der Waals surface area contributed by atoms with E-state index in [0.29, 0.717) is 6.42 Å². The maximum atomic E-state index is 10.2. The number of aliphatic carboxylic acids is 1. The molecule has 1 radical (unpaired) electrons. The number of hydrogen-bond donors (Lipinski definition) is 1. The van der Waals surface area contributed by atoms with E-state index in [-0.39, 0.29) is 6.42 Å². The van der Waals surface area contributed by atoms with Gasteiger partial charge in [-0.15, -0.1) is 0 Å². The highest BCUT2D eigenvalue weighted by atomic mass is 16.4. The largest absolute Gasteiger partial charge is 0.481 e. The number of hydrogen-bond acceptors (Lipinski definition) is 2. The summed E-state index contributed by atoms with van der Waals surface area (Å²) in [6.45, 7) is 1.89. The molecule has 0 aromatic carbocycles. The first-order chi connectivity index (χ1) is 5.68. The van der Waals surface area contributed by atoms with Crippen LogP contribution in [0.2, 0.25) is 0 Å². The Bertz CT molecular complexity index is 284. The molecule has 0 saturated carbocycles. The van der Waals surface area contributed by atoms with Gasteiger partial charge in [-0.25, -0.2) is 0 Å². The molecule has 3 nitrogen and oxygen atoms in total. The molecule has 0 atom stereocenters. The van der Waals surface area contributed by atoms with Crippen LogP contribution in [0.1, 0.15) is 17.5 Å². The number of carboxylic acids is 1. The number of aromatic nitrogens is 1. The average Bonchev–Trinajstić information content (AvgIpc) is 2.01. The maximum Gasteiger partial charge on any atom is 0.303 e. The van der Waals surface area contributed by atoms with Crippen LogP contribution < -0.4 is 0 Å². The Balaban J connectivity index is 2.57. The zero-order valence-electron chi connectivity index (χ0n) is 6.87. The molecule has 0 fully saturated rings. The Morgan fingerprint density at radius 3 is 3.08 bits per heavy atom. The SMILES string of the molecule is Cc1[c]ncc(CCC(=O)O)c1. The first kappa shape index (κ1) is 8.71. The van der Waals surface area contributed by atoms with Crippen LogP contribution in [-0.2, 0) is 11.2 Å². The molecule has 1 heterocycles. The van der Waals surface area contributed by atoms with Gasteiger partial charge in [0, 0.05) is 12.6 Å². The molecule has 0 aliphatic rings. The molecule has 0 spiro atoms. The van der Waals surface area contributed by atoms with Gasteiger partial charge in [0.05, 0.1) is 6.20 Å². The van der Waals surface area contributed by atoms with Gasteiger partial charge in [0.25, 0.3) is 0 Å². The molecule has 3 heteroatoms. The number of rotatable bonds is 3. The van der Waals surface area contributed by atoms with E-state index in [2.05, 4.69) is 11.2 Å². The van der Waals surface area contributed by atoms with Gasteiger partial charge in [0.2, 0.25) is 0 Å². The van der Waals surface area contributed by atoms with Crippen molar-refractivity contribution >= 4 is 5.97 Å². The molecule has 0 saturated heterocycles. The summed E-state index contributed by atoms with van der Waals surface area (Å²) in [4.78, 5) is 14.1. The number of carbonyl (C=O) groups is 1. The predicted molar refractivity (Wildman–Crippen MR) is 43.8 cm³/mol. The van der Waals surface area contributed by atoms with E-state index in [1.165, 1.54) is 0 Å². The van der Waals surface area contributed by atoms with E-state index in [4.69, 9.17) is 5.11 Å². The minimum absolute atomic E-state index is 0.158. The lowest BCUT2D eigenvalue weighted by Gasteiger charge is -1.97. The van der Waals surface area contributed by atoms with E-state index >= 15 is 0 Å². The van der Waals surface area contributed by atoms with Crippen molar-refractivity contribution in [1.82, 2.24) is 4.98 Å².